The summed E-state index contributed by atoms with van der Waals surface area (Å²) in [4.78, 5) is 31.9. The molecule has 0 saturated carbocycles. The van der Waals surface area contributed by atoms with E-state index >= 15 is 0 Å². The Balaban J connectivity index is 1.35. The predicted molar refractivity (Wildman–Crippen MR) is 210 cm³/mol. The summed E-state index contributed by atoms with van der Waals surface area (Å²) in [5.74, 6) is 0.553. The maximum atomic E-state index is 14.2. The Hall–Kier alpha value is -3.75. The van der Waals surface area contributed by atoms with Crippen LogP contribution in [0.15, 0.2) is 76.7 Å². The summed E-state index contributed by atoms with van der Waals surface area (Å²) in [5.41, 5.74) is 7.92. The van der Waals surface area contributed by atoms with Crippen LogP contribution in [0.4, 0.5) is 4.79 Å². The first-order valence-corrected chi connectivity index (χ1v) is 21.0. The van der Waals surface area contributed by atoms with Crippen molar-refractivity contribution in [3.63, 3.8) is 0 Å². The maximum Gasteiger partial charge on any atom is 0.417 e. The van der Waals surface area contributed by atoms with E-state index in [0.717, 1.165) is 39.8 Å². The zero-order valence-corrected chi connectivity index (χ0v) is 34.3. The minimum absolute atomic E-state index is 0.0282. The lowest BCUT2D eigenvalue weighted by atomic mass is 10.1. The molecule has 2 heterocycles. The van der Waals surface area contributed by atoms with Crippen LogP contribution in [0.2, 0.25) is 10.0 Å². The van der Waals surface area contributed by atoms with Crippen LogP contribution >= 0.6 is 42.6 Å². The molecule has 1 fully saturated rings. The zero-order valence-electron chi connectivity index (χ0n) is 31.1. The van der Waals surface area contributed by atoms with Gasteiger partial charge in [-0.2, -0.15) is 0 Å². The average molecular weight is 836 g/mol. The number of carbonyl (C=O) groups is 2. The molecule has 1 amide bonds. The highest BCUT2D eigenvalue weighted by molar-refractivity contribution is 7.99. The van der Waals surface area contributed by atoms with Gasteiger partial charge in [0.2, 0.25) is 6.35 Å². The standard InChI is InChI=1S/C38H45Cl2N4O9PS/c1-5-49-37(45)26(4)52-54(47,53-32-8-6-7-28(17-32)21-43-13-15-48-16-14-43)24-51-31-11-9-27(10-12-31)22-44-34(23-50-38(41)46)42-35(25(2)3)36(44)55-33-19-29(39)18-30(40)20-33/h6-12,17-20,25-26H,5,13-16,21-24H2,1-4H3,(H2,41,46)/t26-,54?/m0/s1. The van der Waals surface area contributed by atoms with Crippen LogP contribution in [-0.4, -0.2) is 71.9 Å². The van der Waals surface area contributed by atoms with Crippen LogP contribution in [-0.2, 0) is 47.8 Å². The lowest BCUT2D eigenvalue weighted by Crippen LogP contribution is -2.35. The molecule has 1 aliphatic rings. The summed E-state index contributed by atoms with van der Waals surface area (Å²) in [5, 5.41) is 1.80. The normalized spacial score (nSPS) is 15.0. The minimum atomic E-state index is -4.09. The fourth-order valence-corrected chi connectivity index (χ4v) is 9.00. The summed E-state index contributed by atoms with van der Waals surface area (Å²) in [7, 11) is -4.09. The number of nitrogens with zero attached hydrogens (tertiary/aromatic N) is 3. The Morgan fingerprint density at radius 3 is 2.31 bits per heavy atom. The fraction of sp³-hybridized carbons (Fsp3) is 0.395. The van der Waals surface area contributed by atoms with Gasteiger partial charge in [0.05, 0.1) is 25.5 Å². The Labute approximate surface area is 335 Å². The number of primary amides is 1. The van der Waals surface area contributed by atoms with Gasteiger partial charge in [-0.05, 0) is 73.4 Å². The fourth-order valence-electron chi connectivity index (χ4n) is 5.62. The number of carbonyl (C=O) groups excluding carboxylic acids is 2. The molecule has 0 spiro atoms. The highest BCUT2D eigenvalue weighted by Crippen LogP contribution is 2.50. The first kappa shape index (κ1) is 42.4. The summed E-state index contributed by atoms with van der Waals surface area (Å²) < 4.78 is 49.6. The van der Waals surface area contributed by atoms with Crippen LogP contribution in [0.25, 0.3) is 0 Å². The number of amides is 1. The van der Waals surface area contributed by atoms with Gasteiger partial charge >= 0.3 is 19.7 Å². The summed E-state index contributed by atoms with van der Waals surface area (Å²) >= 11 is 14.1. The first-order chi connectivity index (χ1) is 26.3. The number of esters is 1. The van der Waals surface area contributed by atoms with E-state index in [-0.39, 0.29) is 19.1 Å². The molecule has 2 atom stereocenters. The van der Waals surface area contributed by atoms with Crippen molar-refractivity contribution in [2.45, 2.75) is 69.3 Å². The van der Waals surface area contributed by atoms with Crippen LogP contribution in [0.3, 0.4) is 0 Å². The average Bonchev–Trinajstić information content (AvgIpc) is 3.47. The second-order valence-electron chi connectivity index (χ2n) is 12.9. The predicted octanol–water partition coefficient (Wildman–Crippen LogP) is 8.52. The van der Waals surface area contributed by atoms with Gasteiger partial charge in [-0.25, -0.2) is 19.1 Å². The van der Waals surface area contributed by atoms with Crippen molar-refractivity contribution in [2.24, 2.45) is 5.73 Å². The van der Waals surface area contributed by atoms with E-state index in [2.05, 4.69) is 4.90 Å². The molecule has 3 aromatic carbocycles. The van der Waals surface area contributed by atoms with E-state index in [0.29, 0.717) is 53.7 Å². The topological polar surface area (TPSA) is 154 Å². The summed E-state index contributed by atoms with van der Waals surface area (Å²) in [6, 6.07) is 19.7. The second-order valence-corrected chi connectivity index (χ2v) is 16.7. The van der Waals surface area contributed by atoms with Crippen molar-refractivity contribution in [3.8, 4) is 11.5 Å². The molecule has 13 nitrogen and oxygen atoms in total. The van der Waals surface area contributed by atoms with E-state index in [9.17, 15) is 14.2 Å². The number of benzene rings is 3. The summed E-state index contributed by atoms with van der Waals surface area (Å²) in [6.07, 6.45) is -2.58. The van der Waals surface area contributed by atoms with Gasteiger partial charge in [-0.3, -0.25) is 9.42 Å². The molecule has 55 heavy (non-hydrogen) atoms. The Morgan fingerprint density at radius 2 is 1.65 bits per heavy atom. The molecule has 0 bridgehead atoms. The van der Waals surface area contributed by atoms with E-state index < -0.39 is 32.1 Å². The number of imidazole rings is 1. The zero-order chi connectivity index (χ0) is 39.5. The first-order valence-electron chi connectivity index (χ1n) is 17.7. The molecule has 4 aromatic rings. The number of rotatable bonds is 18. The van der Waals surface area contributed by atoms with Crippen molar-refractivity contribution in [3.05, 3.63) is 99.4 Å². The monoisotopic (exact) mass is 834 g/mol. The van der Waals surface area contributed by atoms with Gasteiger partial charge in [-0.1, -0.05) is 73.1 Å². The van der Waals surface area contributed by atoms with Crippen molar-refractivity contribution in [1.82, 2.24) is 14.5 Å². The molecule has 17 heteroatoms. The quantitative estimate of drug-likeness (QED) is 0.0755. The smallest absolute Gasteiger partial charge is 0.417 e. The molecule has 296 valence electrons. The molecule has 1 aliphatic heterocycles. The molecule has 0 radical (unpaired) electrons. The number of nitrogens with two attached hydrogens (primary N) is 1. The van der Waals surface area contributed by atoms with Gasteiger partial charge in [0, 0.05) is 41.1 Å². The van der Waals surface area contributed by atoms with Crippen LogP contribution < -0.4 is 15.0 Å². The molecule has 1 aromatic heterocycles. The molecular weight excluding hydrogens is 790 g/mol. The summed E-state index contributed by atoms with van der Waals surface area (Å²) in [6.45, 7) is 11.1. The van der Waals surface area contributed by atoms with Gasteiger partial charge in [0.1, 0.15) is 22.3 Å². The number of aromatic nitrogens is 2. The van der Waals surface area contributed by atoms with Crippen molar-refractivity contribution >= 4 is 54.6 Å². The molecule has 1 unspecified atom stereocenters. The third kappa shape index (κ3) is 12.6. The van der Waals surface area contributed by atoms with E-state index in [1.54, 1.807) is 37.3 Å². The number of hydrogen-bond donors (Lipinski definition) is 1. The van der Waals surface area contributed by atoms with E-state index in [1.807, 2.05) is 54.8 Å². The van der Waals surface area contributed by atoms with Crippen LogP contribution in [0, 0.1) is 0 Å². The van der Waals surface area contributed by atoms with Gasteiger partial charge in [0.15, 0.2) is 12.7 Å². The van der Waals surface area contributed by atoms with E-state index in [4.69, 9.17) is 61.9 Å². The molecule has 0 aliphatic carbocycles. The van der Waals surface area contributed by atoms with Crippen LogP contribution in [0.5, 0.6) is 11.5 Å². The Kier molecular flexibility index (Phi) is 15.3. The van der Waals surface area contributed by atoms with Gasteiger partial charge < -0.3 is 33.8 Å². The molecule has 2 N–H and O–H groups in total. The van der Waals surface area contributed by atoms with Crippen molar-refractivity contribution in [1.29, 1.82) is 0 Å². The van der Waals surface area contributed by atoms with Crippen molar-refractivity contribution < 1.29 is 42.1 Å². The third-order valence-electron chi connectivity index (χ3n) is 8.21. The van der Waals surface area contributed by atoms with E-state index in [1.165, 1.54) is 18.7 Å². The second kappa shape index (κ2) is 19.9. The highest BCUT2D eigenvalue weighted by atomic mass is 35.5. The number of halogens is 2. The largest absolute Gasteiger partial charge is 0.480 e. The molecule has 5 rings (SSSR count). The molecular formula is C38H45Cl2N4O9PS. The third-order valence-corrected chi connectivity index (χ3v) is 11.3. The Morgan fingerprint density at radius 1 is 0.945 bits per heavy atom. The minimum Gasteiger partial charge on any atom is -0.480 e. The Bertz CT molecular complexity index is 1960. The SMILES string of the molecule is CCOC(=O)[C@H](C)OP(=O)(COc1ccc(Cn2c(COC(N)=O)nc(C(C)C)c2Sc2cc(Cl)cc(Cl)c2)cc1)Oc1cccc(CN2CCOCC2)c1. The highest BCUT2D eigenvalue weighted by Gasteiger charge is 2.34. The van der Waals surface area contributed by atoms with Crippen LogP contribution in [0.1, 0.15) is 56.3 Å². The number of morpholine rings is 1. The maximum absolute atomic E-state index is 14.2. The van der Waals surface area contributed by atoms with Gasteiger partial charge in [0.25, 0.3) is 0 Å². The molecule has 1 saturated heterocycles. The lowest BCUT2D eigenvalue weighted by Gasteiger charge is -2.27. The van der Waals surface area contributed by atoms with Gasteiger partial charge in [-0.15, -0.1) is 0 Å². The van der Waals surface area contributed by atoms with Crippen molar-refractivity contribution in [2.75, 3.05) is 39.3 Å². The number of ether oxygens (including phenoxy) is 4. The lowest BCUT2D eigenvalue weighted by molar-refractivity contribution is -0.150. The number of hydrogen-bond acceptors (Lipinski definition) is 12.